The summed E-state index contributed by atoms with van der Waals surface area (Å²) < 4.78 is 33.2. The summed E-state index contributed by atoms with van der Waals surface area (Å²) in [6, 6.07) is 6.47. The van der Waals surface area contributed by atoms with Crippen LogP contribution in [0.1, 0.15) is 46.4 Å². The predicted molar refractivity (Wildman–Crippen MR) is 109 cm³/mol. The van der Waals surface area contributed by atoms with Crippen molar-refractivity contribution in [3.8, 4) is 0 Å². The van der Waals surface area contributed by atoms with Crippen LogP contribution in [0.25, 0.3) is 0 Å². The summed E-state index contributed by atoms with van der Waals surface area (Å²) in [6.45, 7) is 2.06. The normalized spacial score (nSPS) is 20.5. The highest BCUT2D eigenvalue weighted by Crippen LogP contribution is 2.37. The zero-order chi connectivity index (χ0) is 21.8. The Morgan fingerprint density at radius 1 is 1.23 bits per heavy atom. The van der Waals surface area contributed by atoms with Gasteiger partial charge >= 0.3 is 0 Å². The molecule has 3 heterocycles. The summed E-state index contributed by atoms with van der Waals surface area (Å²) in [7, 11) is 0. The number of aromatic nitrogens is 1. The van der Waals surface area contributed by atoms with Gasteiger partial charge < -0.3 is 15.0 Å². The second-order valence-electron chi connectivity index (χ2n) is 8.26. The van der Waals surface area contributed by atoms with E-state index in [1.54, 1.807) is 23.2 Å². The van der Waals surface area contributed by atoms with Crippen LogP contribution in [0.2, 0.25) is 0 Å². The number of benzene rings is 1. The first-order valence-corrected chi connectivity index (χ1v) is 10.5. The highest BCUT2D eigenvalue weighted by molar-refractivity contribution is 5.94. The molecule has 1 N–H and O–H groups in total. The van der Waals surface area contributed by atoms with Crippen LogP contribution in [0.15, 0.2) is 42.7 Å². The lowest BCUT2D eigenvalue weighted by molar-refractivity contribution is -0.122. The zero-order valence-electron chi connectivity index (χ0n) is 17.2. The van der Waals surface area contributed by atoms with Gasteiger partial charge in [0.1, 0.15) is 11.6 Å². The van der Waals surface area contributed by atoms with Crippen molar-refractivity contribution in [3.05, 3.63) is 65.5 Å². The van der Waals surface area contributed by atoms with Crippen molar-refractivity contribution in [2.75, 3.05) is 26.2 Å². The Balaban J connectivity index is 1.31. The van der Waals surface area contributed by atoms with Gasteiger partial charge in [-0.05, 0) is 55.9 Å². The molecule has 4 rings (SSSR count). The monoisotopic (exact) mass is 429 g/mol. The fourth-order valence-corrected chi connectivity index (χ4v) is 4.44. The van der Waals surface area contributed by atoms with Gasteiger partial charge in [-0.25, -0.2) is 8.78 Å². The first-order valence-electron chi connectivity index (χ1n) is 10.5. The van der Waals surface area contributed by atoms with Crippen LogP contribution in [-0.2, 0) is 4.74 Å². The lowest BCUT2D eigenvalue weighted by Gasteiger charge is -2.46. The largest absolute Gasteiger partial charge is 0.375 e. The van der Waals surface area contributed by atoms with E-state index in [-0.39, 0.29) is 23.0 Å². The highest BCUT2D eigenvalue weighted by Gasteiger charge is 2.41. The number of carbonyl (C=O) groups excluding carboxylic acids is 2. The zero-order valence-corrected chi connectivity index (χ0v) is 17.2. The summed E-state index contributed by atoms with van der Waals surface area (Å²) in [5, 5.41) is 2.98. The van der Waals surface area contributed by atoms with Crippen LogP contribution in [0.5, 0.6) is 0 Å². The quantitative estimate of drug-likeness (QED) is 0.810. The molecule has 2 amide bonds. The summed E-state index contributed by atoms with van der Waals surface area (Å²) in [4.78, 5) is 30.5. The van der Waals surface area contributed by atoms with Crippen molar-refractivity contribution in [2.45, 2.75) is 31.3 Å². The minimum Gasteiger partial charge on any atom is -0.375 e. The number of nitrogens with one attached hydrogen (secondary N) is 1. The Morgan fingerprint density at radius 2 is 2.03 bits per heavy atom. The Morgan fingerprint density at radius 3 is 2.74 bits per heavy atom. The molecule has 0 aliphatic carbocycles. The molecule has 1 aromatic carbocycles. The number of carbonyl (C=O) groups is 2. The molecule has 2 aromatic rings. The van der Waals surface area contributed by atoms with E-state index >= 15 is 0 Å². The van der Waals surface area contributed by atoms with E-state index in [0.717, 1.165) is 25.0 Å². The Bertz CT molecular complexity index is 946. The first kappa shape index (κ1) is 21.4. The third-order valence-electron chi connectivity index (χ3n) is 6.19. The van der Waals surface area contributed by atoms with Crippen molar-refractivity contribution in [1.29, 1.82) is 0 Å². The van der Waals surface area contributed by atoms with Gasteiger partial charge in [0.05, 0.1) is 16.7 Å². The number of nitrogens with zero attached hydrogens (tertiary/aromatic N) is 2. The van der Waals surface area contributed by atoms with E-state index in [0.29, 0.717) is 44.6 Å². The Hall–Kier alpha value is -2.87. The average molecular weight is 429 g/mol. The molecule has 2 fully saturated rings. The fourth-order valence-electron chi connectivity index (χ4n) is 4.44. The van der Waals surface area contributed by atoms with E-state index in [9.17, 15) is 18.4 Å². The van der Waals surface area contributed by atoms with Gasteiger partial charge in [-0.1, -0.05) is 0 Å². The summed E-state index contributed by atoms with van der Waals surface area (Å²) in [5.41, 5.74) is 0.0853. The van der Waals surface area contributed by atoms with Gasteiger partial charge in [0, 0.05) is 44.7 Å². The predicted octanol–water partition coefficient (Wildman–Crippen LogP) is 3.19. The molecular formula is C23H25F2N3O3. The van der Waals surface area contributed by atoms with E-state index < -0.39 is 17.5 Å². The number of likely N-dealkylation sites (tertiary alicyclic amines) is 1. The van der Waals surface area contributed by atoms with Crippen molar-refractivity contribution >= 4 is 11.8 Å². The van der Waals surface area contributed by atoms with E-state index in [1.807, 2.05) is 0 Å². The number of amides is 2. The number of piperidine rings is 1. The molecule has 2 aliphatic rings. The lowest BCUT2D eigenvalue weighted by Crippen LogP contribution is -2.51. The third-order valence-corrected chi connectivity index (χ3v) is 6.19. The van der Waals surface area contributed by atoms with Gasteiger partial charge in [0.15, 0.2) is 0 Å². The van der Waals surface area contributed by atoms with Crippen molar-refractivity contribution in [3.63, 3.8) is 0 Å². The van der Waals surface area contributed by atoms with E-state index in [4.69, 9.17) is 4.74 Å². The van der Waals surface area contributed by atoms with Crippen LogP contribution in [0.4, 0.5) is 8.78 Å². The summed E-state index contributed by atoms with van der Waals surface area (Å²) in [5.74, 6) is -1.84. The van der Waals surface area contributed by atoms with Gasteiger partial charge in [-0.3, -0.25) is 14.6 Å². The maximum absolute atomic E-state index is 14.0. The molecule has 1 aromatic heterocycles. The smallest absolute Gasteiger partial charge is 0.256 e. The molecule has 2 aliphatic heterocycles. The molecule has 0 saturated carbocycles. The second-order valence-corrected chi connectivity index (χ2v) is 8.26. The molecule has 2 saturated heterocycles. The van der Waals surface area contributed by atoms with Crippen LogP contribution in [0, 0.1) is 17.6 Å². The average Bonchev–Trinajstić information content (AvgIpc) is 2.78. The molecule has 1 atom stereocenters. The van der Waals surface area contributed by atoms with Crippen LogP contribution < -0.4 is 5.32 Å². The van der Waals surface area contributed by atoms with Crippen molar-refractivity contribution in [1.82, 2.24) is 15.2 Å². The number of hydrogen-bond acceptors (Lipinski definition) is 4. The minimum absolute atomic E-state index is 0.113. The SMILES string of the molecule is O=C(NCC1CCOC2(CCN(C(=O)c3ccc(F)cc3F)CC2)C1)c1cccnc1. The number of ether oxygens (including phenoxy) is 1. The molecule has 1 spiro atoms. The van der Waals surface area contributed by atoms with Crippen LogP contribution in [0.3, 0.4) is 0 Å². The standard InChI is InChI=1S/C23H25F2N3O3/c24-18-3-4-19(20(25)12-18)22(30)28-9-6-23(7-10-28)13-16(5-11-31-23)14-27-21(29)17-2-1-8-26-15-17/h1-4,8,12,15-16H,5-7,9-11,13-14H2,(H,27,29). The van der Waals surface area contributed by atoms with Crippen molar-refractivity contribution < 1.29 is 23.1 Å². The van der Waals surface area contributed by atoms with Gasteiger partial charge in [-0.15, -0.1) is 0 Å². The van der Waals surface area contributed by atoms with E-state index in [1.165, 1.54) is 12.3 Å². The van der Waals surface area contributed by atoms with Crippen LogP contribution in [-0.4, -0.2) is 53.5 Å². The first-order chi connectivity index (χ1) is 15.0. The Kier molecular flexibility index (Phi) is 6.27. The molecule has 164 valence electrons. The number of hydrogen-bond donors (Lipinski definition) is 1. The fraction of sp³-hybridized carbons (Fsp3) is 0.435. The lowest BCUT2D eigenvalue weighted by atomic mass is 9.79. The van der Waals surface area contributed by atoms with Gasteiger partial charge in [0.25, 0.3) is 11.8 Å². The molecular weight excluding hydrogens is 404 g/mol. The van der Waals surface area contributed by atoms with E-state index in [2.05, 4.69) is 10.3 Å². The third kappa shape index (κ3) is 4.90. The molecule has 0 bridgehead atoms. The molecule has 6 nitrogen and oxygen atoms in total. The van der Waals surface area contributed by atoms with Gasteiger partial charge in [0.2, 0.25) is 0 Å². The number of halogens is 2. The summed E-state index contributed by atoms with van der Waals surface area (Å²) in [6.07, 6.45) is 6.12. The molecule has 31 heavy (non-hydrogen) atoms. The van der Waals surface area contributed by atoms with Crippen molar-refractivity contribution in [2.24, 2.45) is 5.92 Å². The highest BCUT2D eigenvalue weighted by atomic mass is 19.1. The summed E-state index contributed by atoms with van der Waals surface area (Å²) >= 11 is 0. The Labute approximate surface area is 179 Å². The number of pyridine rings is 1. The maximum atomic E-state index is 14.0. The number of rotatable bonds is 4. The molecule has 8 heteroatoms. The minimum atomic E-state index is -0.844. The van der Waals surface area contributed by atoms with Gasteiger partial charge in [-0.2, -0.15) is 0 Å². The van der Waals surface area contributed by atoms with Crippen LogP contribution >= 0.6 is 0 Å². The maximum Gasteiger partial charge on any atom is 0.256 e. The molecule has 1 unspecified atom stereocenters. The topological polar surface area (TPSA) is 71.5 Å². The second kappa shape index (κ2) is 9.09. The molecule has 0 radical (unpaired) electrons.